The van der Waals surface area contributed by atoms with E-state index in [0.717, 1.165) is 4.90 Å². The average Bonchev–Trinajstić information content (AvgIpc) is 2.39. The molecule has 0 saturated carbocycles. The molecule has 1 aromatic heterocycles. The molecular weight excluding hydrogens is 266 g/mol. The Kier molecular flexibility index (Phi) is 4.39. The van der Waals surface area contributed by atoms with E-state index >= 15 is 0 Å². The zero-order valence-corrected chi connectivity index (χ0v) is 11.4. The molecule has 0 bridgehead atoms. The third kappa shape index (κ3) is 3.34. The molecule has 2 aromatic rings. The average molecular weight is 278 g/mol. The molecule has 0 N–H and O–H groups in total. The number of pyridine rings is 1. The molecule has 0 aliphatic rings. The van der Waals surface area contributed by atoms with Gasteiger partial charge in [-0.2, -0.15) is 0 Å². The SMILES string of the molecule is CC(Sc1ccncc1)C(=O)c1cccc(Cl)c1. The van der Waals surface area contributed by atoms with E-state index in [4.69, 9.17) is 11.6 Å². The monoisotopic (exact) mass is 277 g/mol. The van der Waals surface area contributed by atoms with Crippen LogP contribution in [-0.4, -0.2) is 16.0 Å². The molecule has 0 aliphatic carbocycles. The summed E-state index contributed by atoms with van der Waals surface area (Å²) < 4.78 is 0. The van der Waals surface area contributed by atoms with Gasteiger partial charge in [-0.25, -0.2) is 0 Å². The second-order valence-corrected chi connectivity index (χ2v) is 5.67. The molecule has 0 aliphatic heterocycles. The van der Waals surface area contributed by atoms with Crippen molar-refractivity contribution in [1.82, 2.24) is 4.98 Å². The Hall–Kier alpha value is -1.32. The number of Topliss-reactive ketones (excluding diaryl/α,β-unsaturated/α-hetero) is 1. The first-order valence-corrected chi connectivity index (χ1v) is 6.79. The minimum Gasteiger partial charge on any atom is -0.293 e. The first kappa shape index (κ1) is 13.1. The van der Waals surface area contributed by atoms with Crippen molar-refractivity contribution in [2.75, 3.05) is 0 Å². The summed E-state index contributed by atoms with van der Waals surface area (Å²) in [6.07, 6.45) is 3.44. The van der Waals surface area contributed by atoms with E-state index in [-0.39, 0.29) is 11.0 Å². The smallest absolute Gasteiger partial charge is 0.175 e. The van der Waals surface area contributed by atoms with Crippen molar-refractivity contribution >= 4 is 29.1 Å². The number of rotatable bonds is 4. The highest BCUT2D eigenvalue weighted by Crippen LogP contribution is 2.25. The predicted octanol–water partition coefficient (Wildman–Crippen LogP) is 4.10. The van der Waals surface area contributed by atoms with Crippen molar-refractivity contribution in [3.8, 4) is 0 Å². The lowest BCUT2D eigenvalue weighted by molar-refractivity contribution is 0.0994. The number of carbonyl (C=O) groups excluding carboxylic acids is 1. The van der Waals surface area contributed by atoms with E-state index in [2.05, 4.69) is 4.98 Å². The standard InChI is InChI=1S/C14H12ClNOS/c1-10(18-13-5-7-16-8-6-13)14(17)11-3-2-4-12(15)9-11/h2-10H,1H3. The molecule has 1 atom stereocenters. The van der Waals surface area contributed by atoms with E-state index in [0.29, 0.717) is 10.6 Å². The Morgan fingerprint density at radius 1 is 1.28 bits per heavy atom. The van der Waals surface area contributed by atoms with Crippen LogP contribution >= 0.6 is 23.4 Å². The highest BCUT2D eigenvalue weighted by Gasteiger charge is 2.16. The van der Waals surface area contributed by atoms with Gasteiger partial charge in [0.2, 0.25) is 0 Å². The molecular formula is C14H12ClNOS. The number of hydrogen-bond acceptors (Lipinski definition) is 3. The second-order valence-electron chi connectivity index (χ2n) is 3.82. The van der Waals surface area contributed by atoms with Gasteiger partial charge < -0.3 is 0 Å². The van der Waals surface area contributed by atoms with Gasteiger partial charge >= 0.3 is 0 Å². The lowest BCUT2D eigenvalue weighted by atomic mass is 10.1. The van der Waals surface area contributed by atoms with Crippen molar-refractivity contribution in [1.29, 1.82) is 0 Å². The van der Waals surface area contributed by atoms with Crippen LogP contribution in [0.4, 0.5) is 0 Å². The first-order valence-electron chi connectivity index (χ1n) is 5.53. The third-order valence-corrected chi connectivity index (χ3v) is 3.79. The van der Waals surface area contributed by atoms with Crippen LogP contribution in [0, 0.1) is 0 Å². The second kappa shape index (κ2) is 6.03. The molecule has 1 aromatic carbocycles. The van der Waals surface area contributed by atoms with Gasteiger partial charge in [0.05, 0.1) is 5.25 Å². The largest absolute Gasteiger partial charge is 0.293 e. The van der Waals surface area contributed by atoms with Crippen molar-refractivity contribution < 1.29 is 4.79 Å². The Morgan fingerprint density at radius 3 is 2.67 bits per heavy atom. The summed E-state index contributed by atoms with van der Waals surface area (Å²) in [5.41, 5.74) is 0.650. The number of benzene rings is 1. The first-order chi connectivity index (χ1) is 8.66. The maximum absolute atomic E-state index is 12.2. The Bertz CT molecular complexity index is 545. The summed E-state index contributed by atoms with van der Waals surface area (Å²) >= 11 is 7.41. The number of hydrogen-bond donors (Lipinski definition) is 0. The van der Waals surface area contributed by atoms with Gasteiger partial charge in [-0.15, -0.1) is 11.8 Å². The van der Waals surface area contributed by atoms with Gasteiger partial charge in [-0.3, -0.25) is 9.78 Å². The molecule has 18 heavy (non-hydrogen) atoms. The number of ketones is 1. The normalized spacial score (nSPS) is 12.1. The number of carbonyl (C=O) groups is 1. The van der Waals surface area contributed by atoms with Crippen LogP contribution in [0.1, 0.15) is 17.3 Å². The topological polar surface area (TPSA) is 30.0 Å². The van der Waals surface area contributed by atoms with Gasteiger partial charge in [0.1, 0.15) is 0 Å². The molecule has 1 unspecified atom stereocenters. The Balaban J connectivity index is 2.10. The Morgan fingerprint density at radius 2 is 2.00 bits per heavy atom. The fourth-order valence-corrected chi connectivity index (χ4v) is 2.67. The minimum absolute atomic E-state index is 0.0827. The van der Waals surface area contributed by atoms with Crippen LogP contribution in [-0.2, 0) is 0 Å². The summed E-state index contributed by atoms with van der Waals surface area (Å²) in [6, 6.07) is 10.8. The molecule has 0 radical (unpaired) electrons. The molecule has 0 fully saturated rings. The summed E-state index contributed by atoms with van der Waals surface area (Å²) in [5.74, 6) is 0.0827. The van der Waals surface area contributed by atoms with Crippen LogP contribution in [0.5, 0.6) is 0 Å². The number of thioether (sulfide) groups is 1. The zero-order valence-electron chi connectivity index (χ0n) is 9.84. The van der Waals surface area contributed by atoms with Crippen molar-refractivity contribution in [2.45, 2.75) is 17.1 Å². The fraction of sp³-hybridized carbons (Fsp3) is 0.143. The molecule has 0 saturated heterocycles. The van der Waals surface area contributed by atoms with Gasteiger partial charge in [-0.05, 0) is 31.2 Å². The molecule has 0 amide bonds. The van der Waals surface area contributed by atoms with Crippen LogP contribution < -0.4 is 0 Å². The van der Waals surface area contributed by atoms with Crippen molar-refractivity contribution in [2.24, 2.45) is 0 Å². The number of aromatic nitrogens is 1. The van der Waals surface area contributed by atoms with Crippen LogP contribution in [0.3, 0.4) is 0 Å². The Labute approximate surface area is 115 Å². The van der Waals surface area contributed by atoms with Crippen molar-refractivity contribution in [3.63, 3.8) is 0 Å². The maximum atomic E-state index is 12.2. The van der Waals surface area contributed by atoms with Gasteiger partial charge in [0, 0.05) is 27.9 Å². The predicted molar refractivity (Wildman–Crippen MR) is 75.3 cm³/mol. The van der Waals surface area contributed by atoms with Crippen LogP contribution in [0.2, 0.25) is 5.02 Å². The lowest BCUT2D eigenvalue weighted by Crippen LogP contribution is -2.13. The number of halogens is 1. The van der Waals surface area contributed by atoms with Gasteiger partial charge in [-0.1, -0.05) is 23.7 Å². The number of nitrogens with zero attached hydrogens (tertiary/aromatic N) is 1. The molecule has 2 nitrogen and oxygen atoms in total. The molecule has 4 heteroatoms. The van der Waals surface area contributed by atoms with E-state index < -0.39 is 0 Å². The summed E-state index contributed by atoms with van der Waals surface area (Å²) in [5, 5.41) is 0.438. The van der Waals surface area contributed by atoms with E-state index in [9.17, 15) is 4.79 Å². The van der Waals surface area contributed by atoms with Gasteiger partial charge in [0.15, 0.2) is 5.78 Å². The highest BCUT2D eigenvalue weighted by atomic mass is 35.5. The molecule has 2 rings (SSSR count). The summed E-state index contributed by atoms with van der Waals surface area (Å²) in [6.45, 7) is 1.90. The van der Waals surface area contributed by atoms with E-state index in [1.165, 1.54) is 11.8 Å². The summed E-state index contributed by atoms with van der Waals surface area (Å²) in [4.78, 5) is 17.2. The summed E-state index contributed by atoms with van der Waals surface area (Å²) in [7, 11) is 0. The molecule has 92 valence electrons. The van der Waals surface area contributed by atoms with E-state index in [1.807, 2.05) is 19.1 Å². The lowest BCUT2D eigenvalue weighted by Gasteiger charge is -2.10. The van der Waals surface area contributed by atoms with Crippen LogP contribution in [0.15, 0.2) is 53.7 Å². The third-order valence-electron chi connectivity index (χ3n) is 2.44. The van der Waals surface area contributed by atoms with Crippen LogP contribution in [0.25, 0.3) is 0 Å². The minimum atomic E-state index is -0.147. The van der Waals surface area contributed by atoms with E-state index in [1.54, 1.807) is 36.7 Å². The van der Waals surface area contributed by atoms with Gasteiger partial charge in [0.25, 0.3) is 0 Å². The molecule has 1 heterocycles. The fourth-order valence-electron chi connectivity index (χ4n) is 1.55. The quantitative estimate of drug-likeness (QED) is 0.623. The van der Waals surface area contributed by atoms with Crippen molar-refractivity contribution in [3.05, 3.63) is 59.4 Å². The maximum Gasteiger partial charge on any atom is 0.175 e. The molecule has 0 spiro atoms. The highest BCUT2D eigenvalue weighted by molar-refractivity contribution is 8.00. The zero-order chi connectivity index (χ0) is 13.0.